The highest BCUT2D eigenvalue weighted by molar-refractivity contribution is 5.91. The van der Waals surface area contributed by atoms with Gasteiger partial charge in [-0.3, -0.25) is 18.7 Å². The maximum atomic E-state index is 13.8. The molecule has 0 atom stereocenters. The normalized spacial score (nSPS) is 13.9. The molecule has 2 heterocycles. The molecule has 3 rings (SSSR count). The summed E-state index contributed by atoms with van der Waals surface area (Å²) in [5.41, 5.74) is 0.0403. The lowest BCUT2D eigenvalue weighted by atomic mass is 10.2. The van der Waals surface area contributed by atoms with Crippen LogP contribution in [0.1, 0.15) is 12.8 Å². The highest BCUT2D eigenvalue weighted by Crippen LogP contribution is 2.25. The molecule has 0 spiro atoms. The zero-order valence-corrected chi connectivity index (χ0v) is 13.9. The fourth-order valence-corrected chi connectivity index (χ4v) is 2.90. The van der Waals surface area contributed by atoms with Crippen LogP contribution in [0.2, 0.25) is 0 Å². The second-order valence-electron chi connectivity index (χ2n) is 6.06. The highest BCUT2D eigenvalue weighted by atomic mass is 19.1. The van der Waals surface area contributed by atoms with Crippen LogP contribution in [0.15, 0.2) is 40.1 Å². The monoisotopic (exact) mass is 346 g/mol. The van der Waals surface area contributed by atoms with Crippen LogP contribution >= 0.6 is 0 Å². The largest absolute Gasteiger partial charge is 0.371 e. The Morgan fingerprint density at radius 2 is 1.92 bits per heavy atom. The first-order valence-electron chi connectivity index (χ1n) is 8.06. The quantitative estimate of drug-likeness (QED) is 0.893. The number of rotatable bonds is 4. The van der Waals surface area contributed by atoms with Crippen molar-refractivity contribution in [2.45, 2.75) is 19.4 Å². The van der Waals surface area contributed by atoms with Gasteiger partial charge in [0, 0.05) is 43.8 Å². The third kappa shape index (κ3) is 3.78. The molecule has 1 fully saturated rings. The molecule has 1 aromatic heterocycles. The van der Waals surface area contributed by atoms with Gasteiger partial charge in [0.15, 0.2) is 0 Å². The summed E-state index contributed by atoms with van der Waals surface area (Å²) in [6.07, 6.45) is 3.40. The van der Waals surface area contributed by atoms with Gasteiger partial charge in [-0.2, -0.15) is 0 Å². The Kier molecular flexibility index (Phi) is 4.69. The summed E-state index contributed by atoms with van der Waals surface area (Å²) in [6.45, 7) is 1.47. The zero-order valence-electron chi connectivity index (χ0n) is 13.9. The third-order valence-corrected chi connectivity index (χ3v) is 4.21. The molecule has 1 aliphatic rings. The number of aromatic nitrogens is 2. The van der Waals surface area contributed by atoms with Crippen molar-refractivity contribution in [1.82, 2.24) is 9.13 Å². The predicted molar refractivity (Wildman–Crippen MR) is 92.4 cm³/mol. The minimum absolute atomic E-state index is 0.261. The summed E-state index contributed by atoms with van der Waals surface area (Å²) in [7, 11) is 1.34. The lowest BCUT2D eigenvalue weighted by Gasteiger charge is -2.19. The van der Waals surface area contributed by atoms with Crippen LogP contribution in [0.3, 0.4) is 0 Å². The molecule has 8 heteroatoms. The molecule has 2 aromatic rings. The number of nitrogens with one attached hydrogen (secondary N) is 1. The molecule has 25 heavy (non-hydrogen) atoms. The van der Waals surface area contributed by atoms with Crippen LogP contribution in [0, 0.1) is 5.82 Å². The Hall–Kier alpha value is -2.90. The van der Waals surface area contributed by atoms with E-state index in [-0.39, 0.29) is 6.54 Å². The van der Waals surface area contributed by atoms with E-state index in [9.17, 15) is 18.8 Å². The first-order chi connectivity index (χ1) is 11.9. The molecule has 1 aliphatic heterocycles. The van der Waals surface area contributed by atoms with E-state index in [4.69, 9.17) is 0 Å². The van der Waals surface area contributed by atoms with Gasteiger partial charge >= 0.3 is 5.69 Å². The molecular weight excluding hydrogens is 327 g/mol. The van der Waals surface area contributed by atoms with Crippen LogP contribution in [0.5, 0.6) is 0 Å². The number of amides is 1. The maximum absolute atomic E-state index is 13.8. The first kappa shape index (κ1) is 16.9. The van der Waals surface area contributed by atoms with Gasteiger partial charge in [0.1, 0.15) is 12.4 Å². The van der Waals surface area contributed by atoms with E-state index in [0.717, 1.165) is 40.8 Å². The van der Waals surface area contributed by atoms with Crippen LogP contribution in [0.25, 0.3) is 0 Å². The Bertz CT molecular complexity index is 913. The predicted octanol–water partition coefficient (Wildman–Crippen LogP) is 0.925. The lowest BCUT2D eigenvalue weighted by molar-refractivity contribution is -0.116. The summed E-state index contributed by atoms with van der Waals surface area (Å²) < 4.78 is 15.9. The van der Waals surface area contributed by atoms with E-state index in [1.54, 1.807) is 6.07 Å². The molecule has 0 unspecified atom stereocenters. The number of carbonyl (C=O) groups excluding carboxylic acids is 1. The first-order valence-corrected chi connectivity index (χ1v) is 8.06. The van der Waals surface area contributed by atoms with Crippen LogP contribution < -0.4 is 21.5 Å². The number of carbonyl (C=O) groups is 1. The van der Waals surface area contributed by atoms with Crippen molar-refractivity contribution in [2.75, 3.05) is 23.3 Å². The van der Waals surface area contributed by atoms with Gasteiger partial charge < -0.3 is 10.2 Å². The van der Waals surface area contributed by atoms with Crippen molar-refractivity contribution >= 4 is 17.3 Å². The van der Waals surface area contributed by atoms with Crippen LogP contribution in [0.4, 0.5) is 15.8 Å². The Morgan fingerprint density at radius 1 is 1.20 bits per heavy atom. The summed E-state index contributed by atoms with van der Waals surface area (Å²) in [5, 5.41) is 2.60. The van der Waals surface area contributed by atoms with Gasteiger partial charge in [-0.15, -0.1) is 0 Å². The minimum atomic E-state index is -0.584. The summed E-state index contributed by atoms with van der Waals surface area (Å²) in [5.74, 6) is -0.905. The zero-order chi connectivity index (χ0) is 18.0. The third-order valence-electron chi connectivity index (χ3n) is 4.21. The van der Waals surface area contributed by atoms with Gasteiger partial charge in [-0.05, 0) is 31.0 Å². The standard InChI is InChI=1S/C17H19FN4O3/c1-20-16(24)4-7-22(17(20)25)11-15(23)19-13-8-12(18)9-14(10-13)21-5-2-3-6-21/h4,7-10H,2-3,5-6,11H2,1H3,(H,19,23). The number of hydrogen-bond donors (Lipinski definition) is 1. The van der Waals surface area contributed by atoms with Crippen molar-refractivity contribution in [1.29, 1.82) is 0 Å². The van der Waals surface area contributed by atoms with E-state index in [1.165, 1.54) is 31.4 Å². The van der Waals surface area contributed by atoms with Crippen molar-refractivity contribution in [2.24, 2.45) is 7.05 Å². The van der Waals surface area contributed by atoms with Gasteiger partial charge in [-0.1, -0.05) is 0 Å². The average Bonchev–Trinajstić information content (AvgIpc) is 3.09. The fourth-order valence-electron chi connectivity index (χ4n) is 2.90. The Balaban J connectivity index is 1.76. The number of nitrogens with zero attached hydrogens (tertiary/aromatic N) is 3. The molecule has 7 nitrogen and oxygen atoms in total. The smallest absolute Gasteiger partial charge is 0.331 e. The topological polar surface area (TPSA) is 76.3 Å². The van der Waals surface area contributed by atoms with E-state index in [2.05, 4.69) is 10.2 Å². The summed E-state index contributed by atoms with van der Waals surface area (Å²) >= 11 is 0. The second kappa shape index (κ2) is 6.92. The average molecular weight is 346 g/mol. The molecule has 0 radical (unpaired) electrons. The van der Waals surface area contributed by atoms with Crippen molar-refractivity contribution < 1.29 is 9.18 Å². The fraction of sp³-hybridized carbons (Fsp3) is 0.353. The van der Waals surface area contributed by atoms with E-state index in [1.807, 2.05) is 0 Å². The number of halogens is 1. The second-order valence-corrected chi connectivity index (χ2v) is 6.06. The molecule has 132 valence electrons. The molecule has 1 aromatic carbocycles. The van der Waals surface area contributed by atoms with E-state index >= 15 is 0 Å². The van der Waals surface area contributed by atoms with Gasteiger partial charge in [0.05, 0.1) is 0 Å². The molecule has 0 aliphatic carbocycles. The van der Waals surface area contributed by atoms with Crippen molar-refractivity contribution in [3.05, 3.63) is 57.1 Å². The summed E-state index contributed by atoms with van der Waals surface area (Å²) in [4.78, 5) is 37.6. The molecule has 1 N–H and O–H groups in total. The van der Waals surface area contributed by atoms with E-state index in [0.29, 0.717) is 5.69 Å². The van der Waals surface area contributed by atoms with Gasteiger partial charge in [0.2, 0.25) is 5.91 Å². The van der Waals surface area contributed by atoms with Crippen LogP contribution in [-0.2, 0) is 18.4 Å². The van der Waals surface area contributed by atoms with Gasteiger partial charge in [0.25, 0.3) is 5.56 Å². The number of hydrogen-bond acceptors (Lipinski definition) is 4. The molecule has 0 saturated carbocycles. The SMILES string of the molecule is Cn1c(=O)ccn(CC(=O)Nc2cc(F)cc(N3CCCC3)c2)c1=O. The summed E-state index contributed by atoms with van der Waals surface area (Å²) in [6, 6.07) is 5.61. The Labute approximate surface area is 143 Å². The molecule has 1 amide bonds. The number of benzene rings is 1. The maximum Gasteiger partial charge on any atom is 0.331 e. The van der Waals surface area contributed by atoms with Crippen molar-refractivity contribution in [3.8, 4) is 0 Å². The van der Waals surface area contributed by atoms with Gasteiger partial charge in [-0.25, -0.2) is 9.18 Å². The van der Waals surface area contributed by atoms with Crippen LogP contribution in [-0.4, -0.2) is 28.1 Å². The molecule has 1 saturated heterocycles. The van der Waals surface area contributed by atoms with Crippen molar-refractivity contribution in [3.63, 3.8) is 0 Å². The molecular formula is C17H19FN4O3. The molecule has 0 bridgehead atoms. The van der Waals surface area contributed by atoms with E-state index < -0.39 is 23.0 Å². The Morgan fingerprint density at radius 3 is 2.64 bits per heavy atom. The highest BCUT2D eigenvalue weighted by Gasteiger charge is 2.15. The lowest BCUT2D eigenvalue weighted by Crippen LogP contribution is -2.38. The minimum Gasteiger partial charge on any atom is -0.371 e. The number of anilines is 2.